The maximum Gasteiger partial charge on any atom is 0.310 e. The summed E-state index contributed by atoms with van der Waals surface area (Å²) in [5, 5.41) is 27.3. The monoisotopic (exact) mass is 133 g/mol. The molecule has 0 heterocycles. The highest BCUT2D eigenvalue weighted by Crippen LogP contribution is 1.70. The zero-order valence-corrected chi connectivity index (χ0v) is 4.11. The van der Waals surface area contributed by atoms with E-state index in [4.69, 9.17) is 10.6 Å². The summed E-state index contributed by atoms with van der Waals surface area (Å²) >= 11 is 0. The van der Waals surface area contributed by atoms with E-state index in [0.29, 0.717) is 0 Å². The highest BCUT2D eigenvalue weighted by atomic mass is 16.8. The average Bonchev–Trinajstić information content (AvgIpc) is 1.63. The lowest BCUT2D eigenvalue weighted by molar-refractivity contribution is -0.773. The molecule has 0 aliphatic carbocycles. The van der Waals surface area contributed by atoms with Gasteiger partial charge in [0.1, 0.15) is 5.11 Å². The number of nitrogens with one attached hydrogen (secondary N) is 2. The van der Waals surface area contributed by atoms with Crippen molar-refractivity contribution in [1.29, 1.82) is 5.41 Å². The van der Waals surface area contributed by atoms with Crippen molar-refractivity contribution in [2.75, 3.05) is 0 Å². The van der Waals surface area contributed by atoms with Gasteiger partial charge in [-0.2, -0.15) is 0 Å². The Morgan fingerprint density at radius 1 is 1.89 bits per heavy atom. The van der Waals surface area contributed by atoms with E-state index in [1.165, 1.54) is 5.43 Å². The number of guanidine groups is 1. The van der Waals surface area contributed by atoms with Crippen LogP contribution in [0.2, 0.25) is 0 Å². The summed E-state index contributed by atoms with van der Waals surface area (Å²) in [7, 11) is 0. The minimum atomic E-state index is -0.861. The molecule has 8 nitrogen and oxygen atoms in total. The summed E-state index contributed by atoms with van der Waals surface area (Å²) in [6.45, 7) is 0. The van der Waals surface area contributed by atoms with Crippen LogP contribution in [0.15, 0.2) is 10.4 Å². The fourth-order valence-electron chi connectivity index (χ4n) is 0.151. The van der Waals surface area contributed by atoms with E-state index >= 15 is 0 Å². The molecule has 0 rings (SSSR count). The standard InChI is InChI=1S/CH3N5O3/c2-1(3-5-7)4-6(8)9/h(H3,2,3,4,7,8,9). The van der Waals surface area contributed by atoms with Crippen molar-refractivity contribution >= 4 is 5.96 Å². The van der Waals surface area contributed by atoms with Gasteiger partial charge in [0.05, 0.1) is 5.29 Å². The van der Waals surface area contributed by atoms with Gasteiger partial charge >= 0.3 is 5.96 Å². The molecule has 0 aromatic carbocycles. The Balaban J connectivity index is 3.76. The minimum Gasteiger partial charge on any atom is -0.394 e. The van der Waals surface area contributed by atoms with Gasteiger partial charge in [0.2, 0.25) is 0 Å². The van der Waals surface area contributed by atoms with Crippen molar-refractivity contribution in [1.82, 2.24) is 5.43 Å². The molecule has 0 aromatic rings. The van der Waals surface area contributed by atoms with Gasteiger partial charge in [-0.25, -0.2) is 10.6 Å². The first-order valence-corrected chi connectivity index (χ1v) is 1.71. The molecule has 9 heavy (non-hydrogen) atoms. The molecule has 8 heteroatoms. The Hall–Kier alpha value is -1.73. The van der Waals surface area contributed by atoms with Crippen LogP contribution in [0.3, 0.4) is 0 Å². The summed E-state index contributed by atoms with van der Waals surface area (Å²) in [6.07, 6.45) is 0. The maximum absolute atomic E-state index is 9.51. The molecule has 0 unspecified atom stereocenters. The van der Waals surface area contributed by atoms with E-state index in [1.54, 1.807) is 0 Å². The molecular weight excluding hydrogens is 130 g/mol. The summed E-state index contributed by atoms with van der Waals surface area (Å²) in [6, 6.07) is 0. The van der Waals surface area contributed by atoms with Gasteiger partial charge in [-0.3, -0.25) is 5.41 Å². The average molecular weight is 133 g/mol. The lowest BCUT2D eigenvalue weighted by atomic mass is 11.1. The lowest BCUT2D eigenvalue weighted by Gasteiger charge is -1.83. The first kappa shape index (κ1) is 7.27. The van der Waals surface area contributed by atoms with Gasteiger partial charge in [-0.1, -0.05) is 0 Å². The Bertz CT molecular complexity index is 146. The minimum absolute atomic E-state index is 0.831. The molecule has 0 atom stereocenters. The quantitative estimate of drug-likeness (QED) is 0.147. The van der Waals surface area contributed by atoms with Crippen molar-refractivity contribution in [3.8, 4) is 0 Å². The predicted octanol–water partition coefficient (Wildman–Crippen LogP) is -0.456. The second kappa shape index (κ2) is 3.29. The number of nitrogens with zero attached hydrogens (tertiary/aromatic N) is 3. The normalized spacial score (nSPS) is 10.4. The second-order valence-electron chi connectivity index (χ2n) is 0.904. The van der Waals surface area contributed by atoms with Crippen LogP contribution in [-0.4, -0.2) is 16.2 Å². The SMILES string of the molecule is N=C(N=[N+]([O-])O)NN=O. The van der Waals surface area contributed by atoms with Gasteiger partial charge in [-0.05, 0) is 0 Å². The van der Waals surface area contributed by atoms with E-state index in [2.05, 4.69) is 5.11 Å². The van der Waals surface area contributed by atoms with Crippen LogP contribution < -0.4 is 5.43 Å². The number of nitroso groups, excluding NO2 is 1. The zero-order chi connectivity index (χ0) is 7.28. The van der Waals surface area contributed by atoms with Gasteiger partial charge in [0, 0.05) is 0 Å². The molecule has 0 aromatic heterocycles. The Kier molecular flexibility index (Phi) is 2.66. The predicted molar refractivity (Wildman–Crippen MR) is 24.5 cm³/mol. The van der Waals surface area contributed by atoms with Crippen LogP contribution in [0, 0.1) is 15.5 Å². The highest BCUT2D eigenvalue weighted by molar-refractivity contribution is 5.75. The zero-order valence-electron chi connectivity index (χ0n) is 4.11. The summed E-state index contributed by atoms with van der Waals surface area (Å²) in [5.41, 5.74) is 1.46. The molecule has 0 spiro atoms. The van der Waals surface area contributed by atoms with Gasteiger partial charge in [0.15, 0.2) is 5.02 Å². The van der Waals surface area contributed by atoms with Crippen LogP contribution >= 0.6 is 0 Å². The lowest BCUT2D eigenvalue weighted by Crippen LogP contribution is -2.14. The number of hydrogen-bond donors (Lipinski definition) is 3. The fraction of sp³-hybridized carbons (Fsp3) is 0. The van der Waals surface area contributed by atoms with Crippen LogP contribution in [0.25, 0.3) is 0 Å². The highest BCUT2D eigenvalue weighted by Gasteiger charge is 1.96. The first-order chi connectivity index (χ1) is 4.16. The van der Waals surface area contributed by atoms with Crippen LogP contribution in [-0.2, 0) is 0 Å². The van der Waals surface area contributed by atoms with Gasteiger partial charge < -0.3 is 5.21 Å². The van der Waals surface area contributed by atoms with Crippen LogP contribution in [0.1, 0.15) is 0 Å². The van der Waals surface area contributed by atoms with Gasteiger partial charge in [0.25, 0.3) is 0 Å². The molecule has 0 amide bonds. The number of hydrogen-bond acceptors (Lipinski definition) is 4. The molecule has 0 aliphatic heterocycles. The molecule has 0 saturated carbocycles. The van der Waals surface area contributed by atoms with E-state index in [0.717, 1.165) is 0 Å². The third kappa shape index (κ3) is 4.12. The molecule has 0 saturated heterocycles. The summed E-state index contributed by atoms with van der Waals surface area (Å²) in [4.78, 5) is 9.23. The van der Waals surface area contributed by atoms with E-state index in [-0.39, 0.29) is 0 Å². The third-order valence-corrected chi connectivity index (χ3v) is 0.337. The topological polar surface area (TPSA) is 124 Å². The van der Waals surface area contributed by atoms with Crippen LogP contribution in [0.5, 0.6) is 0 Å². The third-order valence-electron chi connectivity index (χ3n) is 0.337. The summed E-state index contributed by atoms with van der Waals surface area (Å²) in [5.74, 6) is -0.831. The molecule has 0 bridgehead atoms. The second-order valence-corrected chi connectivity index (χ2v) is 0.904. The number of rotatable bonds is 1. The molecular formula is CH3N5O3. The molecule has 3 N–H and O–H groups in total. The summed E-state index contributed by atoms with van der Waals surface area (Å²) < 4.78 is 0. The molecule has 0 fully saturated rings. The van der Waals surface area contributed by atoms with Crippen molar-refractivity contribution < 1.29 is 10.2 Å². The Morgan fingerprint density at radius 3 is 2.78 bits per heavy atom. The molecule has 0 radical (unpaired) electrons. The van der Waals surface area contributed by atoms with Crippen LogP contribution in [0.4, 0.5) is 0 Å². The van der Waals surface area contributed by atoms with Crippen molar-refractivity contribution in [3.05, 3.63) is 10.1 Å². The van der Waals surface area contributed by atoms with Gasteiger partial charge in [-0.15, -0.1) is 4.91 Å². The maximum atomic E-state index is 9.51. The van der Waals surface area contributed by atoms with Crippen molar-refractivity contribution in [3.63, 3.8) is 0 Å². The van der Waals surface area contributed by atoms with Crippen molar-refractivity contribution in [2.24, 2.45) is 10.4 Å². The Morgan fingerprint density at radius 2 is 2.44 bits per heavy atom. The van der Waals surface area contributed by atoms with E-state index in [1.807, 2.05) is 5.29 Å². The van der Waals surface area contributed by atoms with E-state index in [9.17, 15) is 10.1 Å². The fourth-order valence-corrected chi connectivity index (χ4v) is 0.151. The molecule has 0 aliphatic rings. The largest absolute Gasteiger partial charge is 0.394 e. The molecule has 50 valence electrons. The van der Waals surface area contributed by atoms with E-state index < -0.39 is 11.0 Å². The Labute approximate surface area is 48.8 Å². The first-order valence-electron chi connectivity index (χ1n) is 1.71. The van der Waals surface area contributed by atoms with Crippen molar-refractivity contribution in [2.45, 2.75) is 0 Å². The smallest absolute Gasteiger partial charge is 0.310 e.